The molecule has 0 amide bonds. The summed E-state index contributed by atoms with van der Waals surface area (Å²) in [4.78, 5) is 2.50. The predicted molar refractivity (Wildman–Crippen MR) is 229 cm³/mol. The molecule has 1 spiro atoms. The van der Waals surface area contributed by atoms with Crippen LogP contribution in [-0.2, 0) is 23.7 Å². The summed E-state index contributed by atoms with van der Waals surface area (Å²) in [6.45, 7) is 4.75. The molecular weight excluding hydrogens is 663 g/mol. The number of fused-ring (bicyclic) bond motifs is 12. The van der Waals surface area contributed by atoms with Gasteiger partial charge in [-0.2, -0.15) is 0 Å². The van der Waals surface area contributed by atoms with Crippen LogP contribution in [0.2, 0.25) is 0 Å². The van der Waals surface area contributed by atoms with Crippen LogP contribution in [0.25, 0.3) is 33.4 Å². The van der Waals surface area contributed by atoms with E-state index in [4.69, 9.17) is 0 Å². The molecule has 0 saturated heterocycles. The van der Waals surface area contributed by atoms with E-state index in [1.165, 1.54) is 77.9 Å². The topological polar surface area (TPSA) is 3.24 Å². The van der Waals surface area contributed by atoms with E-state index in [-0.39, 0.29) is 5.41 Å². The molecule has 0 radical (unpaired) electrons. The molecule has 55 heavy (non-hydrogen) atoms. The highest BCUT2D eigenvalue weighted by Crippen LogP contribution is 2.59. The van der Waals surface area contributed by atoms with Crippen LogP contribution in [0, 0.1) is 0 Å². The van der Waals surface area contributed by atoms with E-state index < -0.39 is 5.41 Å². The summed E-state index contributed by atoms with van der Waals surface area (Å²) in [5.41, 5.74) is 21.8. The lowest BCUT2D eigenvalue weighted by Crippen LogP contribution is -2.30. The standard InChI is InChI=1S/C54H41N/c1-53(2)49-25-12-8-21-43(49)45-31-29-41(34-51(45)53)55(40-20-14-19-39(33-40)36-15-4-3-5-16-36)42-30-32-46-44-22-9-13-26-50(44)54(52(46)35-42)47-23-10-6-17-37(47)27-28-38-18-7-11-24-48(38)54/h3-26,29-35H,27-28H2,1-2H3. The van der Waals surface area contributed by atoms with Crippen molar-refractivity contribution in [2.75, 3.05) is 4.90 Å². The van der Waals surface area contributed by atoms with Gasteiger partial charge < -0.3 is 4.90 Å². The molecule has 0 aliphatic heterocycles. The monoisotopic (exact) mass is 703 g/mol. The minimum absolute atomic E-state index is 0.114. The van der Waals surface area contributed by atoms with Gasteiger partial charge in [-0.15, -0.1) is 0 Å². The fourth-order valence-electron chi connectivity index (χ4n) is 10.3. The third kappa shape index (κ3) is 4.60. The minimum atomic E-state index is -0.440. The largest absolute Gasteiger partial charge is 0.310 e. The Morgan fingerprint density at radius 3 is 1.49 bits per heavy atom. The predicted octanol–water partition coefficient (Wildman–Crippen LogP) is 13.6. The first-order valence-electron chi connectivity index (χ1n) is 19.6. The first-order valence-corrected chi connectivity index (χ1v) is 19.6. The number of hydrogen-bond acceptors (Lipinski definition) is 1. The van der Waals surface area contributed by atoms with Gasteiger partial charge in [0.1, 0.15) is 0 Å². The Balaban J connectivity index is 1.19. The highest BCUT2D eigenvalue weighted by Gasteiger charge is 2.49. The first-order chi connectivity index (χ1) is 27.0. The van der Waals surface area contributed by atoms with E-state index in [2.05, 4.69) is 207 Å². The Morgan fingerprint density at radius 1 is 0.345 bits per heavy atom. The minimum Gasteiger partial charge on any atom is -0.310 e. The zero-order valence-corrected chi connectivity index (χ0v) is 31.3. The van der Waals surface area contributed by atoms with Gasteiger partial charge in [0.25, 0.3) is 0 Å². The van der Waals surface area contributed by atoms with Crippen molar-refractivity contribution in [2.45, 2.75) is 37.5 Å². The molecule has 11 rings (SSSR count). The van der Waals surface area contributed by atoms with E-state index in [1.54, 1.807) is 0 Å². The Kier molecular flexibility index (Phi) is 7.01. The van der Waals surface area contributed by atoms with Crippen molar-refractivity contribution in [1.29, 1.82) is 0 Å². The van der Waals surface area contributed by atoms with Crippen molar-refractivity contribution >= 4 is 17.1 Å². The second kappa shape index (κ2) is 12.0. The Labute approximate surface area is 324 Å². The summed E-state index contributed by atoms with van der Waals surface area (Å²) in [6, 6.07) is 70.8. The van der Waals surface area contributed by atoms with Gasteiger partial charge in [0.05, 0.1) is 5.41 Å². The average Bonchev–Trinajstić information content (AvgIpc) is 3.59. The van der Waals surface area contributed by atoms with Crippen molar-refractivity contribution in [3.63, 3.8) is 0 Å². The van der Waals surface area contributed by atoms with Crippen LogP contribution in [0.3, 0.4) is 0 Å². The van der Waals surface area contributed by atoms with E-state index >= 15 is 0 Å². The third-order valence-electron chi connectivity index (χ3n) is 12.8. The van der Waals surface area contributed by atoms with Crippen LogP contribution in [0.15, 0.2) is 188 Å². The van der Waals surface area contributed by atoms with E-state index in [0.29, 0.717) is 0 Å². The van der Waals surface area contributed by atoms with Crippen LogP contribution in [0.5, 0.6) is 0 Å². The molecule has 262 valence electrons. The fraction of sp³-hybridized carbons (Fsp3) is 0.111. The van der Waals surface area contributed by atoms with Gasteiger partial charge in [0.2, 0.25) is 0 Å². The summed E-state index contributed by atoms with van der Waals surface area (Å²) in [6.07, 6.45) is 2.05. The molecule has 0 unspecified atom stereocenters. The van der Waals surface area contributed by atoms with Crippen LogP contribution in [0.1, 0.15) is 58.4 Å². The number of rotatable bonds is 4. The average molecular weight is 704 g/mol. The maximum atomic E-state index is 2.52. The highest BCUT2D eigenvalue weighted by molar-refractivity contribution is 5.91. The molecular formula is C54H41N. The molecule has 1 heteroatoms. The van der Waals surface area contributed by atoms with Gasteiger partial charge in [-0.3, -0.25) is 0 Å². The van der Waals surface area contributed by atoms with Crippen molar-refractivity contribution in [3.8, 4) is 33.4 Å². The summed E-state index contributed by atoms with van der Waals surface area (Å²) in [7, 11) is 0. The second-order valence-corrected chi connectivity index (χ2v) is 16.0. The van der Waals surface area contributed by atoms with Gasteiger partial charge in [0, 0.05) is 22.5 Å². The summed E-state index contributed by atoms with van der Waals surface area (Å²) in [5, 5.41) is 0. The third-order valence-corrected chi connectivity index (χ3v) is 12.8. The zero-order valence-electron chi connectivity index (χ0n) is 31.3. The maximum absolute atomic E-state index is 2.52. The number of aryl methyl sites for hydroxylation is 2. The molecule has 3 aliphatic carbocycles. The molecule has 0 bridgehead atoms. The summed E-state index contributed by atoms with van der Waals surface area (Å²) >= 11 is 0. The summed E-state index contributed by atoms with van der Waals surface area (Å²) < 4.78 is 0. The van der Waals surface area contributed by atoms with Crippen LogP contribution < -0.4 is 4.90 Å². The van der Waals surface area contributed by atoms with Crippen LogP contribution in [0.4, 0.5) is 17.1 Å². The molecule has 8 aromatic rings. The van der Waals surface area contributed by atoms with Gasteiger partial charge in [-0.1, -0.05) is 166 Å². The maximum Gasteiger partial charge on any atom is 0.0719 e. The molecule has 0 fully saturated rings. The van der Waals surface area contributed by atoms with Crippen molar-refractivity contribution < 1.29 is 0 Å². The second-order valence-electron chi connectivity index (χ2n) is 16.0. The summed E-state index contributed by atoms with van der Waals surface area (Å²) in [5.74, 6) is 0. The molecule has 1 nitrogen and oxygen atoms in total. The SMILES string of the molecule is CC1(C)c2ccccc2-c2ccc(N(c3cccc(-c4ccccc4)c3)c3ccc4c(c3)C3(c5ccccc5CCc5ccccc53)c3ccccc3-4)cc21. The number of hydrogen-bond donors (Lipinski definition) is 0. The number of anilines is 3. The lowest BCUT2D eigenvalue weighted by atomic mass is 9.66. The molecule has 3 aliphatic rings. The number of nitrogens with zero attached hydrogens (tertiary/aromatic N) is 1. The van der Waals surface area contributed by atoms with Crippen molar-refractivity contribution in [2.24, 2.45) is 0 Å². The van der Waals surface area contributed by atoms with Crippen LogP contribution >= 0.6 is 0 Å². The molecule has 0 heterocycles. The Bertz CT molecular complexity index is 2760. The Hall–Kier alpha value is -6.44. The lowest BCUT2D eigenvalue weighted by molar-refractivity contribution is 0.660. The van der Waals surface area contributed by atoms with Crippen molar-refractivity contribution in [3.05, 3.63) is 233 Å². The smallest absolute Gasteiger partial charge is 0.0719 e. The normalized spacial score (nSPS) is 14.9. The van der Waals surface area contributed by atoms with E-state index in [1.807, 2.05) is 0 Å². The van der Waals surface area contributed by atoms with Gasteiger partial charge in [-0.25, -0.2) is 0 Å². The van der Waals surface area contributed by atoms with Gasteiger partial charge in [0.15, 0.2) is 0 Å². The molecule has 0 atom stereocenters. The van der Waals surface area contributed by atoms with Crippen LogP contribution in [-0.4, -0.2) is 0 Å². The molecule has 0 saturated carbocycles. The molecule has 0 N–H and O–H groups in total. The van der Waals surface area contributed by atoms with E-state index in [9.17, 15) is 0 Å². The number of benzene rings is 8. The van der Waals surface area contributed by atoms with E-state index in [0.717, 1.165) is 29.9 Å². The highest BCUT2D eigenvalue weighted by atomic mass is 15.1. The van der Waals surface area contributed by atoms with Gasteiger partial charge in [-0.05, 0) is 127 Å². The van der Waals surface area contributed by atoms with Gasteiger partial charge >= 0.3 is 0 Å². The lowest BCUT2D eigenvalue weighted by Gasteiger charge is -2.36. The zero-order chi connectivity index (χ0) is 36.7. The fourth-order valence-corrected chi connectivity index (χ4v) is 10.3. The van der Waals surface area contributed by atoms with Crippen molar-refractivity contribution in [1.82, 2.24) is 0 Å². The first kappa shape index (κ1) is 32.0. The molecule has 8 aromatic carbocycles. The Morgan fingerprint density at radius 2 is 0.818 bits per heavy atom. The molecule has 0 aromatic heterocycles. The quantitative estimate of drug-likeness (QED) is 0.176.